The van der Waals surface area contributed by atoms with Gasteiger partial charge in [0.2, 0.25) is 5.75 Å². The van der Waals surface area contributed by atoms with Gasteiger partial charge in [0.15, 0.2) is 11.5 Å². The molecule has 5 nitrogen and oxygen atoms in total. The Morgan fingerprint density at radius 3 is 2.19 bits per heavy atom. The second kappa shape index (κ2) is 9.47. The van der Waals surface area contributed by atoms with Crippen LogP contribution in [0.5, 0.6) is 17.2 Å². The summed E-state index contributed by atoms with van der Waals surface area (Å²) in [5.74, 6) is 2.03. The Morgan fingerprint density at radius 1 is 1.00 bits per heavy atom. The quantitative estimate of drug-likeness (QED) is 0.692. The summed E-state index contributed by atoms with van der Waals surface area (Å²) in [5.41, 5.74) is 6.44. The van der Waals surface area contributed by atoms with Crippen LogP contribution in [0.2, 0.25) is 0 Å². The van der Waals surface area contributed by atoms with Crippen molar-refractivity contribution in [1.29, 1.82) is 0 Å². The van der Waals surface area contributed by atoms with Crippen molar-refractivity contribution in [3.63, 3.8) is 0 Å². The van der Waals surface area contributed by atoms with Crippen LogP contribution in [0.1, 0.15) is 32.8 Å². The van der Waals surface area contributed by atoms with Gasteiger partial charge in [0.25, 0.3) is 0 Å². The largest absolute Gasteiger partial charge is 0.490 e. The Kier molecular flexibility index (Phi) is 7.93. The zero-order chi connectivity index (χ0) is 15.7. The first-order valence-electron chi connectivity index (χ1n) is 7.60. The number of aryl methyl sites for hydroxylation is 1. The molecule has 1 unspecified atom stereocenters. The highest BCUT2D eigenvalue weighted by Gasteiger charge is 2.17. The predicted molar refractivity (Wildman–Crippen MR) is 83.3 cm³/mol. The number of hydrogen-bond acceptors (Lipinski definition) is 5. The van der Waals surface area contributed by atoms with Gasteiger partial charge in [-0.05, 0) is 45.2 Å². The molecule has 120 valence electrons. The van der Waals surface area contributed by atoms with Crippen LogP contribution in [0.15, 0.2) is 12.1 Å². The molecule has 0 saturated carbocycles. The lowest BCUT2D eigenvalue weighted by Gasteiger charge is -2.19. The summed E-state index contributed by atoms with van der Waals surface area (Å²) in [7, 11) is 0. The summed E-state index contributed by atoms with van der Waals surface area (Å²) in [6, 6.07) is 3.85. The van der Waals surface area contributed by atoms with Gasteiger partial charge in [-0.2, -0.15) is 0 Å². The number of hydrogen-bond donors (Lipinski definition) is 2. The molecule has 3 N–H and O–H groups in total. The molecular formula is C16H27NO4. The topological polar surface area (TPSA) is 73.9 Å². The fourth-order valence-corrected chi connectivity index (χ4v) is 2.07. The maximum Gasteiger partial charge on any atom is 0.203 e. The third-order valence-corrected chi connectivity index (χ3v) is 3.05. The van der Waals surface area contributed by atoms with Crippen molar-refractivity contribution in [1.82, 2.24) is 0 Å². The van der Waals surface area contributed by atoms with E-state index in [-0.39, 0.29) is 6.54 Å². The Morgan fingerprint density at radius 2 is 1.62 bits per heavy atom. The standard InChI is InChI=1S/C16H27NO4/c1-4-19-14-10-8-12(7-9-13(18)11-17)15(20-5-2)16(14)21-6-3/h8,10,13,18H,4-7,9,11,17H2,1-3H3. The molecule has 0 spiro atoms. The van der Waals surface area contributed by atoms with E-state index in [1.807, 2.05) is 32.9 Å². The third-order valence-electron chi connectivity index (χ3n) is 3.05. The lowest BCUT2D eigenvalue weighted by Crippen LogP contribution is -2.20. The molecule has 0 fully saturated rings. The molecule has 21 heavy (non-hydrogen) atoms. The minimum atomic E-state index is -0.499. The van der Waals surface area contributed by atoms with Crippen LogP contribution in [0.3, 0.4) is 0 Å². The van der Waals surface area contributed by atoms with E-state index in [1.54, 1.807) is 0 Å². The van der Waals surface area contributed by atoms with E-state index in [0.717, 1.165) is 5.56 Å². The summed E-state index contributed by atoms with van der Waals surface area (Å²) in [6.45, 7) is 7.70. The molecule has 1 aromatic carbocycles. The summed E-state index contributed by atoms with van der Waals surface area (Å²) in [5, 5.41) is 9.63. The van der Waals surface area contributed by atoms with Gasteiger partial charge in [0, 0.05) is 6.54 Å². The lowest BCUT2D eigenvalue weighted by atomic mass is 10.0. The lowest BCUT2D eigenvalue weighted by molar-refractivity contribution is 0.172. The van der Waals surface area contributed by atoms with E-state index in [4.69, 9.17) is 19.9 Å². The van der Waals surface area contributed by atoms with E-state index >= 15 is 0 Å². The first kappa shape index (κ1) is 17.6. The second-order valence-electron chi connectivity index (χ2n) is 4.61. The Labute approximate surface area is 127 Å². The normalized spacial score (nSPS) is 12.0. The minimum Gasteiger partial charge on any atom is -0.490 e. The molecule has 0 amide bonds. The van der Waals surface area contributed by atoms with Gasteiger partial charge < -0.3 is 25.1 Å². The monoisotopic (exact) mass is 297 g/mol. The van der Waals surface area contributed by atoms with Crippen molar-refractivity contribution >= 4 is 0 Å². The van der Waals surface area contributed by atoms with Crippen LogP contribution in [0, 0.1) is 0 Å². The van der Waals surface area contributed by atoms with E-state index < -0.39 is 6.10 Å². The zero-order valence-corrected chi connectivity index (χ0v) is 13.2. The van der Waals surface area contributed by atoms with Crippen LogP contribution in [-0.2, 0) is 6.42 Å². The molecule has 0 radical (unpaired) electrons. The number of aliphatic hydroxyl groups excluding tert-OH is 1. The van der Waals surface area contributed by atoms with E-state index in [1.165, 1.54) is 0 Å². The SMILES string of the molecule is CCOc1ccc(CCC(O)CN)c(OCC)c1OCC. The minimum absolute atomic E-state index is 0.263. The number of benzene rings is 1. The second-order valence-corrected chi connectivity index (χ2v) is 4.61. The van der Waals surface area contributed by atoms with Gasteiger partial charge >= 0.3 is 0 Å². The van der Waals surface area contributed by atoms with Gasteiger partial charge in [-0.1, -0.05) is 6.07 Å². The molecule has 0 aromatic heterocycles. The highest BCUT2D eigenvalue weighted by molar-refractivity contribution is 5.56. The maximum atomic E-state index is 9.63. The molecule has 1 atom stereocenters. The Hall–Kier alpha value is -1.46. The summed E-state index contributed by atoms with van der Waals surface area (Å²) >= 11 is 0. The summed E-state index contributed by atoms with van der Waals surface area (Å²) < 4.78 is 17.1. The average Bonchev–Trinajstić information content (AvgIpc) is 2.49. The van der Waals surface area contributed by atoms with Crippen molar-refractivity contribution in [2.24, 2.45) is 5.73 Å². The molecular weight excluding hydrogens is 270 g/mol. The first-order valence-corrected chi connectivity index (χ1v) is 7.60. The van der Waals surface area contributed by atoms with Crippen molar-refractivity contribution in [3.8, 4) is 17.2 Å². The molecule has 0 aliphatic rings. The van der Waals surface area contributed by atoms with E-state index in [9.17, 15) is 5.11 Å². The number of rotatable bonds is 10. The zero-order valence-electron chi connectivity index (χ0n) is 13.2. The van der Waals surface area contributed by atoms with Crippen LogP contribution < -0.4 is 19.9 Å². The van der Waals surface area contributed by atoms with Gasteiger partial charge in [-0.25, -0.2) is 0 Å². The van der Waals surface area contributed by atoms with Gasteiger partial charge in [-0.3, -0.25) is 0 Å². The fraction of sp³-hybridized carbons (Fsp3) is 0.625. The van der Waals surface area contributed by atoms with Crippen LogP contribution >= 0.6 is 0 Å². The highest BCUT2D eigenvalue weighted by atomic mass is 16.5. The van der Waals surface area contributed by atoms with Gasteiger partial charge in [-0.15, -0.1) is 0 Å². The maximum absolute atomic E-state index is 9.63. The van der Waals surface area contributed by atoms with Crippen molar-refractivity contribution in [2.75, 3.05) is 26.4 Å². The third kappa shape index (κ3) is 5.10. The molecule has 0 bridgehead atoms. The summed E-state index contributed by atoms with van der Waals surface area (Å²) in [4.78, 5) is 0. The number of nitrogens with two attached hydrogens (primary N) is 1. The molecule has 0 aliphatic carbocycles. The Balaban J connectivity index is 3.08. The van der Waals surface area contributed by atoms with Crippen molar-refractivity contribution in [3.05, 3.63) is 17.7 Å². The van der Waals surface area contributed by atoms with Crippen LogP contribution in [0.25, 0.3) is 0 Å². The average molecular weight is 297 g/mol. The van der Waals surface area contributed by atoms with Crippen LogP contribution in [0.4, 0.5) is 0 Å². The predicted octanol–water partition coefficient (Wildman–Crippen LogP) is 2.13. The molecule has 5 heteroatoms. The fourth-order valence-electron chi connectivity index (χ4n) is 2.07. The number of ether oxygens (including phenoxy) is 3. The highest BCUT2D eigenvalue weighted by Crippen LogP contribution is 2.41. The molecule has 1 rings (SSSR count). The molecule has 0 saturated heterocycles. The first-order chi connectivity index (χ1) is 10.2. The van der Waals surface area contributed by atoms with E-state index in [0.29, 0.717) is 49.9 Å². The van der Waals surface area contributed by atoms with Crippen LogP contribution in [-0.4, -0.2) is 37.6 Å². The van der Waals surface area contributed by atoms with Gasteiger partial charge in [0.05, 0.1) is 25.9 Å². The van der Waals surface area contributed by atoms with E-state index in [2.05, 4.69) is 0 Å². The molecule has 0 aliphatic heterocycles. The van der Waals surface area contributed by atoms with Crippen molar-refractivity contribution in [2.45, 2.75) is 39.7 Å². The summed E-state index contributed by atoms with van der Waals surface area (Å²) in [6.07, 6.45) is 0.776. The smallest absolute Gasteiger partial charge is 0.203 e. The van der Waals surface area contributed by atoms with Crippen molar-refractivity contribution < 1.29 is 19.3 Å². The molecule has 0 heterocycles. The molecule has 1 aromatic rings. The number of aliphatic hydroxyl groups is 1. The Bertz CT molecular complexity index is 423. The van der Waals surface area contributed by atoms with Gasteiger partial charge in [0.1, 0.15) is 0 Å².